The highest BCUT2D eigenvalue weighted by Gasteiger charge is 2.29. The summed E-state index contributed by atoms with van der Waals surface area (Å²) in [6.45, 7) is 2.27. The van der Waals surface area contributed by atoms with E-state index in [1.807, 2.05) is 0 Å². The van der Waals surface area contributed by atoms with Gasteiger partial charge in [-0.3, -0.25) is 32.5 Å². The molecule has 0 saturated carbocycles. The van der Waals surface area contributed by atoms with Gasteiger partial charge in [0.2, 0.25) is 0 Å². The summed E-state index contributed by atoms with van der Waals surface area (Å²) in [5.74, 6) is -1.64. The van der Waals surface area contributed by atoms with E-state index in [-0.39, 0.29) is 19.3 Å². The molecule has 18 heteroatoms. The monoisotopic (exact) mass is 1500 g/mol. The van der Waals surface area contributed by atoms with E-state index in [0.29, 0.717) is 19.3 Å². The molecular formula is C87H142O16P2. The lowest BCUT2D eigenvalue weighted by Gasteiger charge is -2.21. The number of carbonyl (C=O) groups is 3. The van der Waals surface area contributed by atoms with Gasteiger partial charge in [-0.2, -0.15) is 0 Å². The Kier molecular flexibility index (Phi) is 74.3. The maximum absolute atomic E-state index is 13.0. The maximum Gasteiger partial charge on any atom is 0.472 e. The predicted octanol–water partition coefficient (Wildman–Crippen LogP) is 23.8. The Hall–Kier alpha value is -5.35. The fourth-order valence-electron chi connectivity index (χ4n) is 10.1. The molecule has 0 aromatic rings. The summed E-state index contributed by atoms with van der Waals surface area (Å²) < 4.78 is 61.2. The number of aliphatic hydroxyl groups is 2. The van der Waals surface area contributed by atoms with Gasteiger partial charge >= 0.3 is 33.6 Å². The smallest absolute Gasteiger partial charge is 0.463 e. The van der Waals surface area contributed by atoms with Gasteiger partial charge in [0, 0.05) is 19.3 Å². The molecule has 0 amide bonds. The van der Waals surface area contributed by atoms with Crippen molar-refractivity contribution in [3.05, 3.63) is 182 Å². The minimum absolute atomic E-state index is 0.0558. The van der Waals surface area contributed by atoms with Gasteiger partial charge in [-0.15, -0.1) is 0 Å². The Bertz CT molecular complexity index is 2640. The zero-order chi connectivity index (χ0) is 76.6. The Morgan fingerprint density at radius 1 is 0.267 bits per heavy atom. The third-order valence-corrected chi connectivity index (χ3v) is 18.0. The Morgan fingerprint density at radius 2 is 0.476 bits per heavy atom. The van der Waals surface area contributed by atoms with Gasteiger partial charge in [-0.1, -0.05) is 299 Å². The average Bonchev–Trinajstić information content (AvgIpc) is 0.941. The summed E-state index contributed by atoms with van der Waals surface area (Å²) in [4.78, 5) is 58.7. The number of rotatable bonds is 74. The van der Waals surface area contributed by atoms with Crippen LogP contribution in [0.5, 0.6) is 0 Å². The van der Waals surface area contributed by atoms with Gasteiger partial charge < -0.3 is 34.2 Å². The number of hydrogen-bond acceptors (Lipinski definition) is 14. The third kappa shape index (κ3) is 79.5. The van der Waals surface area contributed by atoms with Gasteiger partial charge in [0.15, 0.2) is 6.10 Å². The molecule has 0 radical (unpaired) electrons. The van der Waals surface area contributed by atoms with E-state index in [9.17, 15) is 43.5 Å². The van der Waals surface area contributed by atoms with Crippen LogP contribution in [-0.4, -0.2) is 95.9 Å². The zero-order valence-electron chi connectivity index (χ0n) is 65.1. The first-order valence-electron chi connectivity index (χ1n) is 40.1. The second kappa shape index (κ2) is 78.2. The minimum atomic E-state index is -4.95. The van der Waals surface area contributed by atoms with Crippen LogP contribution in [-0.2, 0) is 55.8 Å². The molecule has 16 nitrogen and oxygen atoms in total. The highest BCUT2D eigenvalue weighted by Crippen LogP contribution is 2.45. The van der Waals surface area contributed by atoms with Gasteiger partial charge in [0.05, 0.1) is 26.4 Å². The molecular weight excluding hydrogens is 1360 g/mol. The number of phosphoric acid groups is 2. The number of hydrogen-bond donors (Lipinski definition) is 4. The SMILES string of the molecule is CC/C=C\C/C=C\C/C=C\C/C=C\C/C=C\CCCCCCCCCCCCCC(=O)OCC(O)COP(=O)(O)OCC(O)COP(=O)(O)OCC(COC(=O)CCCCCCCCC/C=C\C/C=C\C/C=C\C/C=C\C/C=C\CC)OC(=O)CCCCC/C=C\C/C=C\C/C=C\C/C=C\C/C=C\CC. The summed E-state index contributed by atoms with van der Waals surface area (Å²) >= 11 is 0. The van der Waals surface area contributed by atoms with Crippen molar-refractivity contribution in [1.29, 1.82) is 0 Å². The number of esters is 3. The molecule has 105 heavy (non-hydrogen) atoms. The maximum atomic E-state index is 13.0. The van der Waals surface area contributed by atoms with Crippen LogP contribution in [0.1, 0.15) is 290 Å². The van der Waals surface area contributed by atoms with Crippen LogP contribution < -0.4 is 0 Å². The fourth-order valence-corrected chi connectivity index (χ4v) is 11.7. The van der Waals surface area contributed by atoms with Crippen LogP contribution in [0.2, 0.25) is 0 Å². The summed E-state index contributed by atoms with van der Waals surface area (Å²) in [6, 6.07) is 0. The number of aliphatic hydroxyl groups excluding tert-OH is 2. The first kappa shape index (κ1) is 99.7. The first-order chi connectivity index (χ1) is 51.2. The second-order valence-corrected chi connectivity index (χ2v) is 29.0. The number of carbonyl (C=O) groups excluding carboxylic acids is 3. The Balaban J connectivity index is 4.68. The molecule has 5 atom stereocenters. The van der Waals surface area contributed by atoms with E-state index in [1.165, 1.54) is 38.5 Å². The molecule has 0 heterocycles. The lowest BCUT2D eigenvalue weighted by atomic mass is 10.0. The summed E-state index contributed by atoms with van der Waals surface area (Å²) in [7, 11) is -9.82. The van der Waals surface area contributed by atoms with E-state index in [0.717, 1.165) is 193 Å². The molecule has 0 spiro atoms. The average molecular weight is 1510 g/mol. The highest BCUT2D eigenvalue weighted by atomic mass is 31.2. The third-order valence-electron chi connectivity index (χ3n) is 16.1. The van der Waals surface area contributed by atoms with E-state index in [4.69, 9.17) is 32.3 Å². The topological polar surface area (TPSA) is 231 Å². The molecule has 0 aliphatic heterocycles. The second-order valence-electron chi connectivity index (χ2n) is 26.1. The molecule has 0 aliphatic rings. The largest absolute Gasteiger partial charge is 0.472 e. The van der Waals surface area contributed by atoms with Crippen LogP contribution in [0.4, 0.5) is 0 Å². The predicted molar refractivity (Wildman–Crippen MR) is 435 cm³/mol. The van der Waals surface area contributed by atoms with Crippen molar-refractivity contribution < 1.29 is 75.8 Å². The molecule has 5 unspecified atom stereocenters. The number of ether oxygens (including phenoxy) is 3. The van der Waals surface area contributed by atoms with Crippen LogP contribution in [0.15, 0.2) is 182 Å². The number of allylic oxidation sites excluding steroid dienone is 30. The standard InChI is InChI=1S/C87H142O16P2/c1-4-7-10-13-16-19-22-25-28-31-34-36-38-39-40-41-43-45-47-49-52-55-58-61-64-67-70-73-85(90)97-76-82(88)77-99-104(93,94)100-78-83(89)79-101-105(95,96)102-81-84(103-87(92)75-72-69-66-63-60-57-54-51-46-33-30-27-24-21-18-15-12-9-6-3)80-98-86(91)74-71-68-65-62-59-56-53-50-48-44-42-37-35-32-29-26-23-20-17-14-11-8-5-2/h7-12,16-21,25-30,34-37,39-40,44,46,48,51,57,60,82-84,88-89H,4-6,13-15,22-24,31-33,38,41-43,45,47,49-50,52-56,58-59,61-81H2,1-3H3,(H,93,94)(H,95,96)/b10-7-,11-8-,12-9-,19-16-,20-17-,21-18-,28-25-,29-26-,30-27-,36-34-,37-35-,40-39-,48-44-,51-46-,60-57-. The van der Waals surface area contributed by atoms with Gasteiger partial charge in [0.1, 0.15) is 25.4 Å². The van der Waals surface area contributed by atoms with Crippen LogP contribution in [0.25, 0.3) is 0 Å². The van der Waals surface area contributed by atoms with Crippen molar-refractivity contribution in [2.24, 2.45) is 0 Å². The van der Waals surface area contributed by atoms with E-state index >= 15 is 0 Å². The lowest BCUT2D eigenvalue weighted by molar-refractivity contribution is -0.161. The van der Waals surface area contributed by atoms with Crippen molar-refractivity contribution in [3.8, 4) is 0 Å². The summed E-state index contributed by atoms with van der Waals surface area (Å²) in [6.07, 6.45) is 101. The molecule has 0 aromatic carbocycles. The quantitative estimate of drug-likeness (QED) is 0.0146. The molecule has 4 N–H and O–H groups in total. The molecule has 0 bridgehead atoms. The van der Waals surface area contributed by atoms with E-state index in [2.05, 4.69) is 203 Å². The van der Waals surface area contributed by atoms with Crippen LogP contribution >= 0.6 is 15.6 Å². The first-order valence-corrected chi connectivity index (χ1v) is 43.1. The Morgan fingerprint density at radius 3 is 0.762 bits per heavy atom. The molecule has 0 aromatic heterocycles. The van der Waals surface area contributed by atoms with Crippen molar-refractivity contribution >= 4 is 33.6 Å². The summed E-state index contributed by atoms with van der Waals surface area (Å²) in [5.41, 5.74) is 0. The number of unbranched alkanes of at least 4 members (excludes halogenated alkanes) is 21. The molecule has 596 valence electrons. The number of phosphoric ester groups is 2. The van der Waals surface area contributed by atoms with Crippen LogP contribution in [0.3, 0.4) is 0 Å². The Labute approximate surface area is 636 Å². The summed E-state index contributed by atoms with van der Waals surface area (Å²) in [5, 5.41) is 20.7. The molecule has 0 aliphatic carbocycles. The normalized spacial score (nSPS) is 14.9. The lowest BCUT2D eigenvalue weighted by Crippen LogP contribution is -2.30. The highest BCUT2D eigenvalue weighted by molar-refractivity contribution is 7.47. The van der Waals surface area contributed by atoms with Gasteiger partial charge in [0.25, 0.3) is 0 Å². The van der Waals surface area contributed by atoms with Crippen molar-refractivity contribution in [2.75, 3.05) is 39.6 Å². The fraction of sp³-hybridized carbons (Fsp3) is 0.621. The molecule has 0 rings (SSSR count). The van der Waals surface area contributed by atoms with Crippen molar-refractivity contribution in [1.82, 2.24) is 0 Å². The van der Waals surface area contributed by atoms with E-state index < -0.39 is 91.5 Å². The van der Waals surface area contributed by atoms with Crippen LogP contribution in [0, 0.1) is 0 Å². The van der Waals surface area contributed by atoms with Gasteiger partial charge in [-0.25, -0.2) is 9.13 Å². The van der Waals surface area contributed by atoms with Crippen molar-refractivity contribution in [3.63, 3.8) is 0 Å². The molecule has 0 fully saturated rings. The minimum Gasteiger partial charge on any atom is -0.463 e. The van der Waals surface area contributed by atoms with E-state index in [1.54, 1.807) is 0 Å². The molecule has 0 saturated heterocycles. The van der Waals surface area contributed by atoms with Crippen molar-refractivity contribution in [2.45, 2.75) is 309 Å². The zero-order valence-corrected chi connectivity index (χ0v) is 66.9. The van der Waals surface area contributed by atoms with Gasteiger partial charge in [-0.05, 0) is 154 Å².